The number of rotatable bonds is 27. The molecule has 3 aromatic rings. The third kappa shape index (κ3) is 17.6. The maximum Gasteiger partial charge on any atom is 0.333 e. The van der Waals surface area contributed by atoms with Crippen molar-refractivity contribution in [3.05, 3.63) is 92.0 Å². The van der Waals surface area contributed by atoms with Crippen molar-refractivity contribution in [2.24, 2.45) is 0 Å². The minimum atomic E-state index is -3.88. The largest absolute Gasteiger partial charge is 0.480 e. The van der Waals surface area contributed by atoms with Crippen LogP contribution in [0.4, 0.5) is 5.69 Å². The van der Waals surface area contributed by atoms with E-state index in [-0.39, 0.29) is 26.1 Å². The summed E-state index contributed by atoms with van der Waals surface area (Å²) in [6.07, 6.45) is 2.45. The molecule has 1 aliphatic heterocycles. The topological polar surface area (TPSA) is 313 Å². The third-order valence-electron chi connectivity index (χ3n) is 9.80. The van der Waals surface area contributed by atoms with Crippen LogP contribution < -0.4 is 21.9 Å². The summed E-state index contributed by atoms with van der Waals surface area (Å²) in [6.45, 7) is -1.22. The number of aliphatic hydroxyl groups excluding tert-OH is 1. The molecular formula is C40H54N7O15PS. The zero-order chi connectivity index (χ0) is 47.0. The highest BCUT2D eigenvalue weighted by molar-refractivity contribution is 7.80. The van der Waals surface area contributed by atoms with Gasteiger partial charge in [0.25, 0.3) is 5.56 Å². The first-order valence-corrected chi connectivity index (χ1v) is 22.7. The van der Waals surface area contributed by atoms with Crippen molar-refractivity contribution >= 4 is 54.5 Å². The minimum Gasteiger partial charge on any atom is -0.480 e. The molecular weight excluding hydrogens is 882 g/mol. The highest BCUT2D eigenvalue weighted by Gasteiger charge is 2.40. The van der Waals surface area contributed by atoms with E-state index in [2.05, 4.69) is 15.6 Å². The lowest BCUT2D eigenvalue weighted by atomic mass is 10.0. The van der Waals surface area contributed by atoms with Gasteiger partial charge >= 0.3 is 37.2 Å². The molecule has 1 aliphatic rings. The average Bonchev–Trinajstić information content (AvgIpc) is 3.58. The highest BCUT2D eigenvalue weighted by Crippen LogP contribution is 2.43. The number of benzene rings is 1. The molecule has 22 nitrogen and oxygen atoms in total. The van der Waals surface area contributed by atoms with Crippen LogP contribution in [0.1, 0.15) is 60.8 Å². The predicted octanol–water partition coefficient (Wildman–Crippen LogP) is 1.16. The molecule has 3 heterocycles. The zero-order valence-corrected chi connectivity index (χ0v) is 36.8. The molecule has 0 saturated carbocycles. The number of hydrogen-bond acceptors (Lipinski definition) is 14. The first-order chi connectivity index (χ1) is 30.3. The van der Waals surface area contributed by atoms with Gasteiger partial charge in [-0.05, 0) is 73.3 Å². The van der Waals surface area contributed by atoms with E-state index in [0.29, 0.717) is 42.3 Å². The first kappa shape index (κ1) is 51.2. The van der Waals surface area contributed by atoms with Crippen LogP contribution in [-0.4, -0.2) is 142 Å². The molecule has 350 valence electrons. The van der Waals surface area contributed by atoms with E-state index in [9.17, 15) is 63.8 Å². The number of ether oxygens (including phenoxy) is 1. The molecule has 4 rings (SSSR count). The second-order valence-corrected chi connectivity index (χ2v) is 17.5. The normalized spacial score (nSPS) is 17.0. The molecule has 0 radical (unpaired) electrons. The standard InChI is InChI=1S/C40H54N7O15PS/c1-63(59,60)62-31-18-34(61-32(31)25-48)47-15-12-33(49)46(40(47)58)14-5-3-2-4-13-41-39(64)43-28-10-8-26(9-11-28)6-7-27-16-29(19-44(21-35(50)51)22-36(52)53)42-30(17-27)20-45(23-37(54)55)24-38(56)57/h8-12,15-17,31-32,34,48H,2-7,13-14,18-25H2,1H3,(H,50,51)(H,52,53)(H,54,55)(H,56,57)(H,59,60)(H2,41,43,64)/t31?,32-,34-/m1/s1. The molecule has 0 bridgehead atoms. The number of carbonyl (C=O) groups is 4. The minimum absolute atomic E-state index is 0.0348. The number of carboxylic acids is 4. The van der Waals surface area contributed by atoms with E-state index in [1.165, 1.54) is 26.6 Å². The SMILES string of the molecule is CP(=O)(O)OC1C[C@H](n2ccc(=O)n(CCCCCCNC(=S)Nc3ccc(CCc4cc(CN(CC(=O)O)CC(=O)O)nc(CN(CC(=O)O)CC(=O)O)c4)cc3)c2=O)O[C@@H]1CO. The van der Waals surface area contributed by atoms with Gasteiger partial charge in [-0.2, -0.15) is 0 Å². The van der Waals surface area contributed by atoms with Crippen LogP contribution >= 0.6 is 19.8 Å². The van der Waals surface area contributed by atoms with Crippen molar-refractivity contribution in [2.75, 3.05) is 51.3 Å². The second kappa shape index (κ2) is 24.6. The summed E-state index contributed by atoms with van der Waals surface area (Å²) in [5, 5.41) is 53.6. The highest BCUT2D eigenvalue weighted by atomic mass is 32.1. The van der Waals surface area contributed by atoms with Gasteiger partial charge in [0.05, 0.1) is 50.3 Å². The summed E-state index contributed by atoms with van der Waals surface area (Å²) in [5.74, 6) is -4.93. The van der Waals surface area contributed by atoms with E-state index < -0.39 is 93.9 Å². The Hall–Kier alpha value is -5.39. The second-order valence-electron chi connectivity index (χ2n) is 15.3. The van der Waals surface area contributed by atoms with Crippen LogP contribution in [0, 0.1) is 0 Å². The Bertz CT molecular complexity index is 2180. The molecule has 0 spiro atoms. The fourth-order valence-electron chi connectivity index (χ4n) is 7.11. The van der Waals surface area contributed by atoms with Crippen LogP contribution in [0.15, 0.2) is 58.3 Å². The zero-order valence-electron chi connectivity index (χ0n) is 35.1. The van der Waals surface area contributed by atoms with Crippen molar-refractivity contribution in [3.63, 3.8) is 0 Å². The maximum atomic E-state index is 13.2. The molecule has 1 fully saturated rings. The summed E-state index contributed by atoms with van der Waals surface area (Å²) < 4.78 is 25.0. The van der Waals surface area contributed by atoms with Crippen molar-refractivity contribution in [3.8, 4) is 0 Å². The first-order valence-electron chi connectivity index (χ1n) is 20.3. The van der Waals surface area contributed by atoms with E-state index in [4.69, 9.17) is 21.5 Å². The van der Waals surface area contributed by atoms with Crippen LogP contribution in [0.5, 0.6) is 0 Å². The Morgan fingerprint density at radius 2 is 1.41 bits per heavy atom. The molecule has 1 saturated heterocycles. The Kier molecular flexibility index (Phi) is 19.7. The Balaban J connectivity index is 1.25. The number of pyridine rings is 1. The summed E-state index contributed by atoms with van der Waals surface area (Å²) in [7, 11) is -3.88. The summed E-state index contributed by atoms with van der Waals surface area (Å²) in [5.41, 5.74) is 2.05. The van der Waals surface area contributed by atoms with E-state index in [0.717, 1.165) is 47.3 Å². The van der Waals surface area contributed by atoms with E-state index in [1.54, 1.807) is 12.1 Å². The lowest BCUT2D eigenvalue weighted by Gasteiger charge is -2.21. The van der Waals surface area contributed by atoms with Gasteiger partial charge in [0.2, 0.25) is 0 Å². The number of hydrogen-bond donors (Lipinski definition) is 8. The van der Waals surface area contributed by atoms with Crippen LogP contribution in [0.2, 0.25) is 0 Å². The number of aliphatic carboxylic acids is 4. The van der Waals surface area contributed by atoms with E-state index in [1.807, 2.05) is 24.3 Å². The molecule has 24 heteroatoms. The third-order valence-corrected chi connectivity index (χ3v) is 10.7. The summed E-state index contributed by atoms with van der Waals surface area (Å²) in [4.78, 5) is 87.8. The van der Waals surface area contributed by atoms with Crippen LogP contribution in [0.3, 0.4) is 0 Å². The number of nitrogens with zero attached hydrogens (tertiary/aromatic N) is 5. The Morgan fingerprint density at radius 3 is 1.94 bits per heavy atom. The summed E-state index contributed by atoms with van der Waals surface area (Å²) in [6, 6.07) is 12.2. The van der Waals surface area contributed by atoms with Crippen molar-refractivity contribution in [1.82, 2.24) is 29.2 Å². The Morgan fingerprint density at radius 1 is 0.859 bits per heavy atom. The van der Waals surface area contributed by atoms with Gasteiger partial charge in [-0.3, -0.25) is 52.5 Å². The lowest BCUT2D eigenvalue weighted by molar-refractivity contribution is -0.144. The molecule has 0 amide bonds. The van der Waals surface area contributed by atoms with Gasteiger partial charge in [0.1, 0.15) is 12.3 Å². The van der Waals surface area contributed by atoms with Crippen LogP contribution in [-0.2, 0) is 65.5 Å². The number of anilines is 1. The van der Waals surface area contributed by atoms with Gasteiger partial charge in [-0.1, -0.05) is 25.0 Å². The molecule has 0 aliphatic carbocycles. The van der Waals surface area contributed by atoms with Crippen molar-refractivity contribution < 1.29 is 63.4 Å². The van der Waals surface area contributed by atoms with Gasteiger partial charge in [0, 0.05) is 57.2 Å². The van der Waals surface area contributed by atoms with Gasteiger partial charge in [-0.15, -0.1) is 0 Å². The van der Waals surface area contributed by atoms with Crippen LogP contribution in [0.25, 0.3) is 0 Å². The number of aliphatic hydroxyl groups is 1. The number of nitrogens with one attached hydrogen (secondary N) is 2. The summed E-state index contributed by atoms with van der Waals surface area (Å²) >= 11 is 5.46. The van der Waals surface area contributed by atoms with Gasteiger partial charge in [0.15, 0.2) is 5.11 Å². The lowest BCUT2D eigenvalue weighted by Crippen LogP contribution is -2.40. The monoisotopic (exact) mass is 935 g/mol. The van der Waals surface area contributed by atoms with Crippen molar-refractivity contribution in [1.29, 1.82) is 0 Å². The molecule has 64 heavy (non-hydrogen) atoms. The predicted molar refractivity (Wildman–Crippen MR) is 233 cm³/mol. The Labute approximate surface area is 372 Å². The molecule has 4 atom stereocenters. The fraction of sp³-hybridized carbons (Fsp3) is 0.500. The van der Waals surface area contributed by atoms with Crippen molar-refractivity contribution in [2.45, 2.75) is 83.0 Å². The van der Waals surface area contributed by atoms with E-state index >= 15 is 0 Å². The number of aryl methyl sites for hydroxylation is 2. The van der Waals surface area contributed by atoms with Gasteiger partial charge < -0.3 is 50.3 Å². The smallest absolute Gasteiger partial charge is 0.333 e. The molecule has 8 N–H and O–H groups in total. The molecule has 2 unspecified atom stereocenters. The molecule has 2 aromatic heterocycles. The van der Waals surface area contributed by atoms with Gasteiger partial charge in [-0.25, -0.2) is 4.79 Å². The maximum absolute atomic E-state index is 13.2. The average molecular weight is 936 g/mol. The fourth-order valence-corrected chi connectivity index (χ4v) is 8.05. The number of carboxylic acid groups (broad SMARTS) is 4. The molecule has 1 aromatic carbocycles. The number of thiocarbonyl (C=S) groups is 1. The number of aromatic nitrogens is 3. The number of unbranched alkanes of at least 4 members (excludes halogenated alkanes) is 3. The quantitative estimate of drug-likeness (QED) is 0.0302.